The highest BCUT2D eigenvalue weighted by molar-refractivity contribution is 5.83. The Morgan fingerprint density at radius 3 is 2.00 bits per heavy atom. The van der Waals surface area contributed by atoms with Crippen LogP contribution in [0, 0.1) is 0 Å². The van der Waals surface area contributed by atoms with Crippen molar-refractivity contribution >= 4 is 11.9 Å². The molecule has 5 nitrogen and oxygen atoms in total. The molecule has 0 aliphatic rings. The number of hydrogen-bond acceptors (Lipinski definition) is 3. The lowest BCUT2D eigenvalue weighted by molar-refractivity contribution is -0.165. The first-order valence-corrected chi connectivity index (χ1v) is 3.10. The van der Waals surface area contributed by atoms with Crippen molar-refractivity contribution in [3.8, 4) is 0 Å². The molecule has 0 spiro atoms. The molecule has 0 aromatic heterocycles. The van der Waals surface area contributed by atoms with Gasteiger partial charge in [-0.05, 0) is 6.42 Å². The van der Waals surface area contributed by atoms with Crippen LogP contribution in [-0.4, -0.2) is 32.9 Å². The third-order valence-corrected chi connectivity index (χ3v) is 1.43. The molecule has 0 radical (unpaired) electrons. The Kier molecular flexibility index (Phi) is 3.00. The monoisotopic (exact) mass is 164 g/mol. The number of hydrogen-bond donors (Lipinski definition) is 3. The average Bonchev–Trinajstić information content (AvgIpc) is 1.86. The first-order valence-electron chi connectivity index (χ1n) is 3.10. The first-order chi connectivity index (χ1) is 4.92. The maximum absolute atomic E-state index is 10.3. The van der Waals surface area contributed by atoms with Crippen LogP contribution in [0.25, 0.3) is 0 Å². The Bertz CT molecular complexity index is 181. The van der Waals surface area contributed by atoms with Crippen molar-refractivity contribution in [1.29, 1.82) is 0 Å². The molecule has 0 amide bonds. The summed E-state index contributed by atoms with van der Waals surface area (Å²) in [5, 5.41) is 25.7. The van der Waals surface area contributed by atoms with E-state index in [2.05, 4.69) is 0 Å². The van der Waals surface area contributed by atoms with Gasteiger partial charge in [-0.25, -0.2) is 4.79 Å². The van der Waals surface area contributed by atoms with Gasteiger partial charge in [0.15, 0.2) is 5.60 Å². The molecule has 11 heavy (non-hydrogen) atoms. The van der Waals surface area contributed by atoms with E-state index < -0.39 is 24.0 Å². The molecule has 0 saturated carbocycles. The minimum atomic E-state index is -2.12. The largest absolute Gasteiger partial charge is 0.481 e. The Hall–Kier alpha value is -1.10. The van der Waals surface area contributed by atoms with E-state index in [1.54, 1.807) is 0 Å². The zero-order valence-electron chi connectivity index (χ0n) is 6.07. The zero-order chi connectivity index (χ0) is 9.07. The van der Waals surface area contributed by atoms with Gasteiger partial charge in [0.1, 0.15) is 0 Å². The average molecular weight is 164 g/mol. The summed E-state index contributed by atoms with van der Waals surface area (Å²) in [4.78, 5) is 20.3. The lowest BCUT2D eigenvalue weighted by Crippen LogP contribution is -2.39. The summed E-state index contributed by atoms with van der Waals surface area (Å²) in [6, 6.07) is 0. The third kappa shape index (κ3) is 2.55. The van der Waals surface area contributed by atoms with Gasteiger partial charge in [-0.3, -0.25) is 4.79 Å². The van der Waals surface area contributed by atoms with Crippen LogP contribution in [0.5, 0.6) is 0 Å². The SMILES string of the molecule is CCC(O)(CC(=O)O)C(=O)O.[HH]. The third-order valence-electron chi connectivity index (χ3n) is 1.43. The van der Waals surface area contributed by atoms with E-state index in [1.165, 1.54) is 6.92 Å². The molecule has 0 rings (SSSR count). The van der Waals surface area contributed by atoms with E-state index in [1.807, 2.05) is 0 Å². The lowest BCUT2D eigenvalue weighted by atomic mass is 9.97. The summed E-state index contributed by atoms with van der Waals surface area (Å²) in [5.41, 5.74) is -2.12. The van der Waals surface area contributed by atoms with E-state index >= 15 is 0 Å². The molecule has 1 unspecified atom stereocenters. The number of aliphatic carboxylic acids is 2. The summed E-state index contributed by atoms with van der Waals surface area (Å²) < 4.78 is 0. The van der Waals surface area contributed by atoms with Crippen LogP contribution in [-0.2, 0) is 9.59 Å². The molecular weight excluding hydrogens is 152 g/mol. The second-order valence-electron chi connectivity index (χ2n) is 2.26. The fraction of sp³-hybridized carbons (Fsp3) is 0.667. The summed E-state index contributed by atoms with van der Waals surface area (Å²) >= 11 is 0. The van der Waals surface area contributed by atoms with Gasteiger partial charge in [-0.2, -0.15) is 0 Å². The van der Waals surface area contributed by atoms with E-state index in [-0.39, 0.29) is 7.85 Å². The lowest BCUT2D eigenvalue weighted by Gasteiger charge is -2.18. The standard InChI is InChI=1S/C6H10O5.H2/c1-2-6(11,5(9)10)3-4(7)8;/h11H,2-3H2,1H3,(H,7,8)(H,9,10);1H. The van der Waals surface area contributed by atoms with Crippen molar-refractivity contribution in [2.75, 3.05) is 0 Å². The fourth-order valence-electron chi connectivity index (χ4n) is 0.602. The van der Waals surface area contributed by atoms with Gasteiger partial charge in [0.25, 0.3) is 0 Å². The number of carboxylic acid groups (broad SMARTS) is 2. The molecular formula is C6H12O5. The van der Waals surface area contributed by atoms with Crippen LogP contribution in [0.1, 0.15) is 21.2 Å². The molecule has 0 bridgehead atoms. The Morgan fingerprint density at radius 1 is 1.45 bits per heavy atom. The van der Waals surface area contributed by atoms with Crippen molar-refractivity contribution in [2.24, 2.45) is 0 Å². The van der Waals surface area contributed by atoms with Crippen LogP contribution in [0.2, 0.25) is 0 Å². The predicted molar refractivity (Wildman–Crippen MR) is 37.2 cm³/mol. The molecule has 1 atom stereocenters. The van der Waals surface area contributed by atoms with Crippen LogP contribution >= 0.6 is 0 Å². The number of aliphatic hydroxyl groups is 1. The molecule has 0 aliphatic heterocycles. The van der Waals surface area contributed by atoms with Crippen molar-refractivity contribution in [3.05, 3.63) is 0 Å². The highest BCUT2D eigenvalue weighted by atomic mass is 16.4. The smallest absolute Gasteiger partial charge is 0.336 e. The van der Waals surface area contributed by atoms with E-state index in [4.69, 9.17) is 15.3 Å². The normalized spacial score (nSPS) is 15.5. The van der Waals surface area contributed by atoms with E-state index in [0.717, 1.165) is 0 Å². The van der Waals surface area contributed by atoms with Crippen LogP contribution in [0.4, 0.5) is 0 Å². The number of rotatable bonds is 4. The molecule has 0 aromatic rings. The number of carbonyl (C=O) groups is 2. The maximum Gasteiger partial charge on any atom is 0.336 e. The van der Waals surface area contributed by atoms with Gasteiger partial charge in [-0.15, -0.1) is 0 Å². The van der Waals surface area contributed by atoms with Crippen molar-refractivity contribution in [3.63, 3.8) is 0 Å². The van der Waals surface area contributed by atoms with Crippen molar-refractivity contribution < 1.29 is 26.3 Å². The van der Waals surface area contributed by atoms with E-state index in [0.29, 0.717) is 0 Å². The van der Waals surface area contributed by atoms with Crippen LogP contribution in [0.3, 0.4) is 0 Å². The highest BCUT2D eigenvalue weighted by Gasteiger charge is 2.36. The van der Waals surface area contributed by atoms with Crippen molar-refractivity contribution in [1.82, 2.24) is 0 Å². The predicted octanol–water partition coefficient (Wildman–Crippen LogP) is -0.0672. The minimum absolute atomic E-state index is 0. The highest BCUT2D eigenvalue weighted by Crippen LogP contribution is 2.14. The molecule has 0 heterocycles. The van der Waals surface area contributed by atoms with Crippen molar-refractivity contribution in [2.45, 2.75) is 25.4 Å². The number of carboxylic acids is 2. The fourth-order valence-corrected chi connectivity index (χ4v) is 0.602. The minimum Gasteiger partial charge on any atom is -0.481 e. The molecule has 0 saturated heterocycles. The second kappa shape index (κ2) is 3.34. The van der Waals surface area contributed by atoms with Gasteiger partial charge in [-0.1, -0.05) is 6.92 Å². The molecule has 0 aliphatic carbocycles. The Balaban J connectivity index is 0. The van der Waals surface area contributed by atoms with Gasteiger partial charge >= 0.3 is 11.9 Å². The van der Waals surface area contributed by atoms with Gasteiger partial charge in [0.05, 0.1) is 6.42 Å². The van der Waals surface area contributed by atoms with Gasteiger partial charge < -0.3 is 15.3 Å². The quantitative estimate of drug-likeness (QED) is 0.540. The van der Waals surface area contributed by atoms with Crippen LogP contribution in [0.15, 0.2) is 0 Å². The summed E-state index contributed by atoms with van der Waals surface area (Å²) in [6.07, 6.45) is -0.881. The van der Waals surface area contributed by atoms with E-state index in [9.17, 15) is 9.59 Å². The summed E-state index contributed by atoms with van der Waals surface area (Å²) in [6.45, 7) is 1.41. The molecule has 0 fully saturated rings. The molecule has 5 heteroatoms. The van der Waals surface area contributed by atoms with Gasteiger partial charge in [0, 0.05) is 1.43 Å². The molecule has 3 N–H and O–H groups in total. The Morgan fingerprint density at radius 2 is 1.91 bits per heavy atom. The molecule has 66 valence electrons. The topological polar surface area (TPSA) is 94.8 Å². The van der Waals surface area contributed by atoms with Crippen LogP contribution < -0.4 is 0 Å². The zero-order valence-corrected chi connectivity index (χ0v) is 6.07. The first kappa shape index (κ1) is 9.90. The summed E-state index contributed by atoms with van der Waals surface area (Å²) in [5.74, 6) is -2.82. The Labute approximate surface area is 64.8 Å². The summed E-state index contributed by atoms with van der Waals surface area (Å²) in [7, 11) is 0. The maximum atomic E-state index is 10.3. The molecule has 0 aromatic carbocycles. The van der Waals surface area contributed by atoms with Gasteiger partial charge in [0.2, 0.25) is 0 Å². The second-order valence-corrected chi connectivity index (χ2v) is 2.26.